The van der Waals surface area contributed by atoms with Crippen molar-refractivity contribution in [1.29, 1.82) is 0 Å². The van der Waals surface area contributed by atoms with Crippen molar-refractivity contribution >= 4 is 17.8 Å². The van der Waals surface area contributed by atoms with E-state index in [-0.39, 0.29) is 16.9 Å². The van der Waals surface area contributed by atoms with Gasteiger partial charge in [-0.15, -0.1) is 0 Å². The summed E-state index contributed by atoms with van der Waals surface area (Å²) in [6.45, 7) is 6.35. The molecule has 2 aliphatic carbocycles. The second kappa shape index (κ2) is 3.13. The number of urea groups is 1. The van der Waals surface area contributed by atoms with Crippen LogP contribution in [0.4, 0.5) is 4.79 Å². The van der Waals surface area contributed by atoms with Crippen LogP contribution < -0.4 is 5.32 Å². The molecule has 18 heavy (non-hydrogen) atoms. The van der Waals surface area contributed by atoms with E-state index in [4.69, 9.17) is 0 Å². The van der Waals surface area contributed by atoms with Gasteiger partial charge in [-0.05, 0) is 36.0 Å². The summed E-state index contributed by atoms with van der Waals surface area (Å²) in [6, 6.07) is -0.709. The molecule has 1 aliphatic heterocycles. The van der Waals surface area contributed by atoms with Gasteiger partial charge in [0.15, 0.2) is 0 Å². The first kappa shape index (κ1) is 11.7. The molecule has 0 aromatic carbocycles. The molecule has 5 nitrogen and oxygen atoms in total. The Labute approximate surface area is 106 Å². The lowest BCUT2D eigenvalue weighted by atomic mass is 9.67. The summed E-state index contributed by atoms with van der Waals surface area (Å²) in [7, 11) is 0. The highest BCUT2D eigenvalue weighted by atomic mass is 16.2. The van der Waals surface area contributed by atoms with Gasteiger partial charge in [-0.25, -0.2) is 4.79 Å². The Balaban J connectivity index is 2.04. The van der Waals surface area contributed by atoms with Gasteiger partial charge in [-0.1, -0.05) is 20.8 Å². The number of carbonyl (C=O) groups excluding carboxylic acids is 3. The highest BCUT2D eigenvalue weighted by Crippen LogP contribution is 2.64. The van der Waals surface area contributed by atoms with Crippen molar-refractivity contribution in [3.63, 3.8) is 0 Å². The Hall–Kier alpha value is -1.39. The Morgan fingerprint density at radius 2 is 1.89 bits per heavy atom. The smallest absolute Gasteiger partial charge is 0.269 e. The Morgan fingerprint density at radius 1 is 1.22 bits per heavy atom. The van der Waals surface area contributed by atoms with Crippen LogP contribution >= 0.6 is 0 Å². The molecule has 0 aromatic heterocycles. The molecular weight excluding hydrogens is 232 g/mol. The largest absolute Gasteiger partial charge is 0.331 e. The lowest BCUT2D eigenvalue weighted by molar-refractivity contribution is -0.143. The van der Waals surface area contributed by atoms with Gasteiger partial charge in [0.05, 0.1) is 6.04 Å². The SMILES string of the molecule is CC12CCC(C1)C(C)(C)C2N1C(=O)NC(=O)C1=O. The van der Waals surface area contributed by atoms with Crippen LogP contribution in [0.5, 0.6) is 0 Å². The molecule has 98 valence electrons. The van der Waals surface area contributed by atoms with Crippen LogP contribution in [-0.2, 0) is 9.59 Å². The van der Waals surface area contributed by atoms with E-state index in [2.05, 4.69) is 26.1 Å². The van der Waals surface area contributed by atoms with E-state index < -0.39 is 17.8 Å². The highest BCUT2D eigenvalue weighted by Gasteiger charge is 2.64. The number of hydrogen-bond donors (Lipinski definition) is 1. The van der Waals surface area contributed by atoms with Crippen LogP contribution in [0.3, 0.4) is 0 Å². The molecule has 1 N–H and O–H groups in total. The predicted molar refractivity (Wildman–Crippen MR) is 63.4 cm³/mol. The first-order valence-corrected chi connectivity index (χ1v) is 6.46. The Morgan fingerprint density at radius 3 is 2.33 bits per heavy atom. The molecule has 3 atom stereocenters. The van der Waals surface area contributed by atoms with Gasteiger partial charge in [0.2, 0.25) is 0 Å². The third kappa shape index (κ3) is 1.19. The fourth-order valence-corrected chi connectivity index (χ4v) is 4.57. The van der Waals surface area contributed by atoms with E-state index >= 15 is 0 Å². The van der Waals surface area contributed by atoms with Crippen molar-refractivity contribution in [1.82, 2.24) is 10.2 Å². The standard InChI is InChI=1S/C13H18N2O3/c1-12(2)7-4-5-13(3,6-7)10(12)15-9(17)8(16)14-11(15)18/h7,10H,4-6H2,1-3H3,(H,14,16,18). The van der Waals surface area contributed by atoms with Crippen molar-refractivity contribution in [3.05, 3.63) is 0 Å². The van der Waals surface area contributed by atoms with E-state index in [0.29, 0.717) is 5.92 Å². The fourth-order valence-electron chi connectivity index (χ4n) is 4.57. The van der Waals surface area contributed by atoms with Gasteiger partial charge in [-0.3, -0.25) is 19.8 Å². The average molecular weight is 250 g/mol. The molecule has 5 heteroatoms. The minimum absolute atomic E-state index is 0.0359. The Bertz CT molecular complexity index is 466. The number of hydrogen-bond acceptors (Lipinski definition) is 3. The molecule has 3 unspecified atom stereocenters. The lowest BCUT2D eigenvalue weighted by Gasteiger charge is -2.45. The summed E-state index contributed by atoms with van der Waals surface area (Å²) < 4.78 is 0. The molecular formula is C13H18N2O3. The van der Waals surface area contributed by atoms with Crippen LogP contribution in [-0.4, -0.2) is 28.8 Å². The molecule has 1 heterocycles. The van der Waals surface area contributed by atoms with E-state index in [1.807, 2.05) is 0 Å². The topological polar surface area (TPSA) is 66.5 Å². The van der Waals surface area contributed by atoms with Gasteiger partial charge in [0, 0.05) is 0 Å². The number of amides is 4. The van der Waals surface area contributed by atoms with Crippen LogP contribution in [0.25, 0.3) is 0 Å². The Kier molecular flexibility index (Phi) is 2.03. The summed E-state index contributed by atoms with van der Waals surface area (Å²) in [5.41, 5.74) is -0.142. The number of rotatable bonds is 1. The minimum atomic E-state index is -0.790. The first-order chi connectivity index (χ1) is 8.27. The maximum absolute atomic E-state index is 11.9. The number of fused-ring (bicyclic) bond motifs is 2. The third-order valence-corrected chi connectivity index (χ3v) is 5.30. The van der Waals surface area contributed by atoms with E-state index in [0.717, 1.165) is 19.3 Å². The van der Waals surface area contributed by atoms with Gasteiger partial charge in [-0.2, -0.15) is 0 Å². The lowest BCUT2D eigenvalue weighted by Crippen LogP contribution is -2.55. The van der Waals surface area contributed by atoms with Crippen LogP contribution in [0, 0.1) is 16.7 Å². The van der Waals surface area contributed by atoms with Gasteiger partial charge in [0.1, 0.15) is 0 Å². The number of nitrogens with one attached hydrogen (secondary N) is 1. The summed E-state index contributed by atoms with van der Waals surface area (Å²) in [4.78, 5) is 36.3. The van der Waals surface area contributed by atoms with Crippen molar-refractivity contribution in [2.75, 3.05) is 0 Å². The number of carbonyl (C=O) groups is 3. The van der Waals surface area contributed by atoms with Crippen LogP contribution in [0.1, 0.15) is 40.0 Å². The van der Waals surface area contributed by atoms with E-state index in [1.54, 1.807) is 0 Å². The monoisotopic (exact) mass is 250 g/mol. The summed E-state index contributed by atoms with van der Waals surface area (Å²) >= 11 is 0. The molecule has 3 rings (SSSR count). The van der Waals surface area contributed by atoms with Crippen molar-refractivity contribution < 1.29 is 14.4 Å². The predicted octanol–water partition coefficient (Wildman–Crippen LogP) is 1.28. The third-order valence-electron chi connectivity index (χ3n) is 5.30. The van der Waals surface area contributed by atoms with Crippen molar-refractivity contribution in [2.45, 2.75) is 46.1 Å². The van der Waals surface area contributed by atoms with Gasteiger partial charge >= 0.3 is 17.8 Å². The van der Waals surface area contributed by atoms with Crippen molar-refractivity contribution in [3.8, 4) is 0 Å². The molecule has 3 aliphatic rings. The maximum atomic E-state index is 11.9. The summed E-state index contributed by atoms with van der Waals surface area (Å²) in [5.74, 6) is -0.946. The number of imide groups is 2. The quantitative estimate of drug-likeness (QED) is 0.563. The number of nitrogens with zero attached hydrogens (tertiary/aromatic N) is 1. The van der Waals surface area contributed by atoms with Crippen LogP contribution in [0.15, 0.2) is 0 Å². The molecule has 2 bridgehead atoms. The van der Waals surface area contributed by atoms with Crippen LogP contribution in [0.2, 0.25) is 0 Å². The van der Waals surface area contributed by atoms with Gasteiger partial charge in [0.25, 0.3) is 0 Å². The van der Waals surface area contributed by atoms with E-state index in [9.17, 15) is 14.4 Å². The highest BCUT2D eigenvalue weighted by molar-refractivity contribution is 6.45. The molecule has 2 saturated carbocycles. The molecule has 0 aromatic rings. The normalized spacial score (nSPS) is 41.7. The summed E-state index contributed by atoms with van der Waals surface area (Å²) in [6.07, 6.45) is 3.21. The average Bonchev–Trinajstić information content (AvgIpc) is 2.81. The first-order valence-electron chi connectivity index (χ1n) is 6.46. The zero-order valence-corrected chi connectivity index (χ0v) is 10.9. The molecule has 1 saturated heterocycles. The fraction of sp³-hybridized carbons (Fsp3) is 0.769. The zero-order valence-electron chi connectivity index (χ0n) is 10.9. The zero-order chi connectivity index (χ0) is 13.3. The second-order valence-electron chi connectivity index (χ2n) is 6.75. The molecule has 3 fully saturated rings. The van der Waals surface area contributed by atoms with Gasteiger partial charge < -0.3 is 0 Å². The van der Waals surface area contributed by atoms with E-state index in [1.165, 1.54) is 4.90 Å². The molecule has 0 radical (unpaired) electrons. The maximum Gasteiger partial charge on any atom is 0.331 e. The molecule has 0 spiro atoms. The minimum Gasteiger partial charge on any atom is -0.269 e. The molecule has 4 amide bonds. The summed E-state index contributed by atoms with van der Waals surface area (Å²) in [5, 5.41) is 2.11. The van der Waals surface area contributed by atoms with Crippen molar-refractivity contribution in [2.24, 2.45) is 16.7 Å². The second-order valence-corrected chi connectivity index (χ2v) is 6.75.